The highest BCUT2D eigenvalue weighted by atomic mass is 32.2. The molecular formula is C31H30F4N2O4S2. The molecule has 12 heteroatoms. The molecule has 2 atom stereocenters. The van der Waals surface area contributed by atoms with Crippen LogP contribution in [-0.2, 0) is 11.0 Å². The van der Waals surface area contributed by atoms with Gasteiger partial charge in [-0.1, -0.05) is 42.6 Å². The fourth-order valence-electron chi connectivity index (χ4n) is 3.95. The number of nitrogens with one attached hydrogen (secondary N) is 1. The summed E-state index contributed by atoms with van der Waals surface area (Å²) >= 11 is 6.80. The van der Waals surface area contributed by atoms with Crippen molar-refractivity contribution >= 4 is 34.9 Å². The molecule has 3 aromatic rings. The van der Waals surface area contributed by atoms with Gasteiger partial charge in [-0.05, 0) is 73.5 Å². The number of alkyl halides is 3. The van der Waals surface area contributed by atoms with Crippen LogP contribution in [0.1, 0.15) is 41.6 Å². The summed E-state index contributed by atoms with van der Waals surface area (Å²) in [6.45, 7) is 3.04. The zero-order valence-corrected chi connectivity index (χ0v) is 24.8. The first kappa shape index (κ1) is 33.6. The fraction of sp³-hybridized carbons (Fsp3) is 0.226. The zero-order chi connectivity index (χ0) is 31.7. The Morgan fingerprint density at radius 1 is 1.07 bits per heavy atom. The van der Waals surface area contributed by atoms with Crippen molar-refractivity contribution in [3.05, 3.63) is 118 Å². The van der Waals surface area contributed by atoms with Crippen LogP contribution in [0.25, 0.3) is 0 Å². The van der Waals surface area contributed by atoms with Crippen molar-refractivity contribution in [3.63, 3.8) is 0 Å². The average Bonchev–Trinajstić information content (AvgIpc) is 2.92. The number of allylic oxidation sites excluding steroid dienone is 2. The smallest absolute Gasteiger partial charge is 0.416 e. The Balaban J connectivity index is 1.81. The molecule has 0 spiro atoms. The standard InChI is InChI=1S/C31H30F4N2O4S2/c1-18-13-25(11-12-28(18)41-17-29(39)40)43-26(15-24(38)16-27(36)20-5-9-23(32)10-6-20)14-19(2)37-30(42)21-3-7-22(8-4-21)31(33,34)35/h3-14,16,26-27,38H,15,17,36H2,1-2H3,(H,37,42)(H,39,40)/b19-14+,24-16-. The number of halogens is 4. The quantitative estimate of drug-likeness (QED) is 0.0704. The van der Waals surface area contributed by atoms with Crippen LogP contribution >= 0.6 is 24.0 Å². The molecule has 228 valence electrons. The highest BCUT2D eigenvalue weighted by Crippen LogP contribution is 2.33. The monoisotopic (exact) mass is 634 g/mol. The molecule has 2 unspecified atom stereocenters. The van der Waals surface area contributed by atoms with Crippen LogP contribution in [0.15, 0.2) is 95.2 Å². The Kier molecular flexibility index (Phi) is 11.8. The van der Waals surface area contributed by atoms with Crippen molar-refractivity contribution in [2.45, 2.75) is 42.6 Å². The predicted octanol–water partition coefficient (Wildman–Crippen LogP) is 7.48. The van der Waals surface area contributed by atoms with E-state index in [9.17, 15) is 27.5 Å². The molecule has 0 saturated carbocycles. The summed E-state index contributed by atoms with van der Waals surface area (Å²) in [6.07, 6.45) is -1.03. The maximum Gasteiger partial charge on any atom is 0.416 e. The number of carboxylic acid groups (broad SMARTS) is 1. The van der Waals surface area contributed by atoms with Crippen molar-refractivity contribution in [3.8, 4) is 5.75 Å². The maximum atomic E-state index is 13.3. The predicted molar refractivity (Wildman–Crippen MR) is 163 cm³/mol. The Bertz CT molecular complexity index is 1490. The van der Waals surface area contributed by atoms with Crippen molar-refractivity contribution in [2.24, 2.45) is 5.73 Å². The number of hydrogen-bond acceptors (Lipinski definition) is 6. The first-order valence-electron chi connectivity index (χ1n) is 12.9. The van der Waals surface area contributed by atoms with Gasteiger partial charge >= 0.3 is 12.1 Å². The van der Waals surface area contributed by atoms with Crippen molar-refractivity contribution in [2.75, 3.05) is 6.61 Å². The van der Waals surface area contributed by atoms with Gasteiger partial charge in [-0.2, -0.15) is 13.2 Å². The second kappa shape index (κ2) is 15.0. The summed E-state index contributed by atoms with van der Waals surface area (Å²) in [6, 6.07) is 14.7. The molecule has 0 aliphatic carbocycles. The van der Waals surface area contributed by atoms with E-state index >= 15 is 0 Å². The molecule has 6 nitrogen and oxygen atoms in total. The maximum absolute atomic E-state index is 13.3. The van der Waals surface area contributed by atoms with Gasteiger partial charge in [-0.3, -0.25) is 0 Å². The number of aliphatic hydroxyl groups is 1. The summed E-state index contributed by atoms with van der Waals surface area (Å²) in [7, 11) is 0. The molecule has 0 amide bonds. The fourth-order valence-corrected chi connectivity index (χ4v) is 5.52. The topological polar surface area (TPSA) is 105 Å². The summed E-state index contributed by atoms with van der Waals surface area (Å²) in [5.41, 5.74) is 7.74. The number of thioether (sulfide) groups is 1. The number of nitrogens with two attached hydrogens (primary N) is 1. The minimum atomic E-state index is -4.46. The largest absolute Gasteiger partial charge is 0.513 e. The molecule has 3 rings (SSSR count). The Morgan fingerprint density at radius 3 is 2.30 bits per heavy atom. The lowest BCUT2D eigenvalue weighted by Gasteiger charge is -2.17. The van der Waals surface area contributed by atoms with Crippen molar-refractivity contribution in [1.82, 2.24) is 5.32 Å². The van der Waals surface area contributed by atoms with Gasteiger partial charge < -0.3 is 26.0 Å². The summed E-state index contributed by atoms with van der Waals surface area (Å²) in [5.74, 6) is -1.09. The first-order valence-corrected chi connectivity index (χ1v) is 14.2. The van der Waals surface area contributed by atoms with Gasteiger partial charge in [0.15, 0.2) is 6.61 Å². The molecule has 0 aromatic heterocycles. The number of thiocarbonyl (C=S) groups is 1. The minimum Gasteiger partial charge on any atom is -0.513 e. The summed E-state index contributed by atoms with van der Waals surface area (Å²) in [5, 5.41) is 22.4. The van der Waals surface area contributed by atoms with Gasteiger partial charge in [0.25, 0.3) is 0 Å². The summed E-state index contributed by atoms with van der Waals surface area (Å²) < 4.78 is 57.4. The van der Waals surface area contributed by atoms with Gasteiger partial charge in [-0.15, -0.1) is 11.8 Å². The third kappa shape index (κ3) is 10.7. The molecule has 0 saturated heterocycles. The lowest BCUT2D eigenvalue weighted by Crippen LogP contribution is -2.21. The van der Waals surface area contributed by atoms with E-state index in [1.807, 2.05) is 12.1 Å². The van der Waals surface area contributed by atoms with Crippen LogP contribution in [0.5, 0.6) is 5.75 Å². The third-order valence-electron chi connectivity index (χ3n) is 6.04. The number of benzene rings is 3. The van der Waals surface area contributed by atoms with Gasteiger partial charge in [0.05, 0.1) is 17.4 Å². The highest BCUT2D eigenvalue weighted by Gasteiger charge is 2.30. The molecule has 0 heterocycles. The van der Waals surface area contributed by atoms with Crippen LogP contribution in [0, 0.1) is 12.7 Å². The molecule has 0 fully saturated rings. The van der Waals surface area contributed by atoms with E-state index < -0.39 is 36.2 Å². The number of aliphatic carboxylic acids is 1. The number of ether oxygens (including phenoxy) is 1. The number of aliphatic hydroxyl groups excluding tert-OH is 1. The zero-order valence-electron chi connectivity index (χ0n) is 23.2. The van der Waals surface area contributed by atoms with Crippen molar-refractivity contribution in [1.29, 1.82) is 0 Å². The lowest BCUT2D eigenvalue weighted by molar-refractivity contribution is -0.139. The van der Waals surface area contributed by atoms with Gasteiger partial charge in [0, 0.05) is 27.8 Å². The number of carboxylic acids is 1. The van der Waals surface area contributed by atoms with Crippen molar-refractivity contribution < 1.29 is 37.3 Å². The molecule has 43 heavy (non-hydrogen) atoms. The Labute approximate surface area is 256 Å². The van der Waals surface area contributed by atoms with Crippen LogP contribution in [0.4, 0.5) is 17.6 Å². The van der Waals surface area contributed by atoms with E-state index in [1.165, 1.54) is 54.2 Å². The van der Waals surface area contributed by atoms with Crippen LogP contribution in [-0.4, -0.2) is 33.0 Å². The molecule has 0 aliphatic heterocycles. The van der Waals surface area contributed by atoms with E-state index in [-0.39, 0.29) is 22.4 Å². The van der Waals surface area contributed by atoms with E-state index in [4.69, 9.17) is 27.8 Å². The minimum absolute atomic E-state index is 0.0122. The van der Waals surface area contributed by atoms with E-state index in [2.05, 4.69) is 5.32 Å². The molecule has 0 bridgehead atoms. The average molecular weight is 635 g/mol. The normalized spacial score (nSPS) is 13.7. The first-order chi connectivity index (χ1) is 20.2. The van der Waals surface area contributed by atoms with E-state index in [1.54, 1.807) is 26.0 Å². The Morgan fingerprint density at radius 2 is 1.72 bits per heavy atom. The second-order valence-electron chi connectivity index (χ2n) is 9.58. The number of aryl methyl sites for hydroxylation is 1. The van der Waals surface area contributed by atoms with Gasteiger partial charge in [0.2, 0.25) is 0 Å². The van der Waals surface area contributed by atoms with Crippen LogP contribution < -0.4 is 15.8 Å². The molecule has 5 N–H and O–H groups in total. The summed E-state index contributed by atoms with van der Waals surface area (Å²) in [4.78, 5) is 11.9. The third-order valence-corrected chi connectivity index (χ3v) is 7.51. The number of rotatable bonds is 12. The molecule has 3 aromatic carbocycles. The molecular weight excluding hydrogens is 604 g/mol. The SMILES string of the molecule is C/C(=C\C(C/C(O)=C/C(N)c1ccc(F)cc1)Sc1ccc(OCC(=O)O)c(C)c1)NC(=S)c1ccc(C(F)(F)F)cc1. The molecule has 0 radical (unpaired) electrons. The number of hydrogen-bond donors (Lipinski definition) is 4. The van der Waals surface area contributed by atoms with E-state index in [0.29, 0.717) is 28.1 Å². The van der Waals surface area contributed by atoms with E-state index in [0.717, 1.165) is 17.0 Å². The second-order valence-corrected chi connectivity index (χ2v) is 11.3. The lowest BCUT2D eigenvalue weighted by atomic mass is 10.1. The van der Waals surface area contributed by atoms with Gasteiger partial charge in [0.1, 0.15) is 16.6 Å². The Hall–Kier alpha value is -3.87. The molecule has 0 aliphatic rings. The van der Waals surface area contributed by atoms with Gasteiger partial charge in [-0.25, -0.2) is 9.18 Å². The van der Waals surface area contributed by atoms with Crippen LogP contribution in [0.2, 0.25) is 0 Å². The number of carbonyl (C=O) groups is 1. The highest BCUT2D eigenvalue weighted by molar-refractivity contribution is 8.00. The van der Waals surface area contributed by atoms with Crippen LogP contribution in [0.3, 0.4) is 0 Å².